The van der Waals surface area contributed by atoms with Gasteiger partial charge < -0.3 is 19.3 Å². The number of aliphatic hydroxyl groups is 1. The quantitative estimate of drug-likeness (QED) is 0.0644. The number of hydrogen-bond donors (Lipinski definition) is 1. The van der Waals surface area contributed by atoms with Crippen molar-refractivity contribution in [3.8, 4) is 11.5 Å². The van der Waals surface area contributed by atoms with Gasteiger partial charge in [-0.15, -0.1) is 0 Å². The highest BCUT2D eigenvalue weighted by atomic mass is 32.1. The Morgan fingerprint density at radius 1 is 1.02 bits per heavy atom. The van der Waals surface area contributed by atoms with E-state index in [4.69, 9.17) is 14.2 Å². The molecule has 1 aliphatic heterocycles. The fourth-order valence-electron chi connectivity index (χ4n) is 4.97. The minimum absolute atomic E-state index is 0.0119. The number of rotatable bonds is 11. The highest BCUT2D eigenvalue weighted by molar-refractivity contribution is 7.17. The zero-order chi connectivity index (χ0) is 32.1. The lowest BCUT2D eigenvalue weighted by molar-refractivity contribution is -0.132. The van der Waals surface area contributed by atoms with Crippen LogP contribution in [0.3, 0.4) is 0 Å². The van der Waals surface area contributed by atoms with Crippen molar-refractivity contribution in [1.29, 1.82) is 0 Å². The molecule has 1 aliphatic rings. The first kappa shape index (κ1) is 31.2. The first-order valence-electron chi connectivity index (χ1n) is 14.3. The molecule has 5 rings (SSSR count). The van der Waals surface area contributed by atoms with Gasteiger partial charge in [0.05, 0.1) is 23.9 Å². The summed E-state index contributed by atoms with van der Waals surface area (Å²) in [4.78, 5) is 45.7. The second-order valence-electron chi connectivity index (χ2n) is 10.3. The molecule has 10 heteroatoms. The van der Waals surface area contributed by atoms with Crippen LogP contribution in [0.25, 0.3) is 5.76 Å². The number of ether oxygens (including phenoxy) is 3. The first-order chi connectivity index (χ1) is 21.7. The Kier molecular flexibility index (Phi) is 9.44. The number of aromatic nitrogens is 1. The van der Waals surface area contributed by atoms with Gasteiger partial charge in [-0.05, 0) is 68.3 Å². The number of aliphatic hydroxyl groups excluding tert-OH is 1. The molecule has 0 spiro atoms. The lowest BCUT2D eigenvalue weighted by Crippen LogP contribution is -2.29. The molecule has 0 bridgehead atoms. The van der Waals surface area contributed by atoms with E-state index in [0.29, 0.717) is 41.5 Å². The zero-order valence-electron chi connectivity index (χ0n) is 25.1. The van der Waals surface area contributed by atoms with Crippen LogP contribution in [-0.2, 0) is 20.9 Å². The van der Waals surface area contributed by atoms with E-state index in [1.54, 1.807) is 55.5 Å². The summed E-state index contributed by atoms with van der Waals surface area (Å²) < 4.78 is 16.7. The molecule has 3 aromatic carbocycles. The fraction of sp³-hybridized carbons (Fsp3) is 0.200. The number of carbonyl (C=O) groups excluding carboxylic acids is 3. The van der Waals surface area contributed by atoms with Crippen molar-refractivity contribution in [1.82, 2.24) is 4.98 Å². The number of nitrogens with zero attached hydrogens (tertiary/aromatic N) is 2. The largest absolute Gasteiger partial charge is 0.507 e. The molecule has 1 fully saturated rings. The second kappa shape index (κ2) is 13.6. The van der Waals surface area contributed by atoms with Crippen molar-refractivity contribution >= 4 is 39.9 Å². The number of thiazole rings is 1. The summed E-state index contributed by atoms with van der Waals surface area (Å²) in [6, 6.07) is 20.5. The zero-order valence-corrected chi connectivity index (χ0v) is 25.9. The summed E-state index contributed by atoms with van der Waals surface area (Å²) in [6.45, 7) is 9.89. The Bertz CT molecular complexity index is 1770. The van der Waals surface area contributed by atoms with Crippen LogP contribution >= 0.6 is 11.3 Å². The molecule has 1 atom stereocenters. The van der Waals surface area contributed by atoms with Crippen LogP contribution in [0.4, 0.5) is 5.13 Å². The minimum atomic E-state index is -1.03. The molecule has 1 aromatic heterocycles. The summed E-state index contributed by atoms with van der Waals surface area (Å²) >= 11 is 0.934. The number of ketones is 1. The van der Waals surface area contributed by atoms with Crippen molar-refractivity contribution in [2.45, 2.75) is 33.4 Å². The summed E-state index contributed by atoms with van der Waals surface area (Å²) in [6.07, 6.45) is 1.45. The fourth-order valence-corrected chi connectivity index (χ4v) is 5.95. The molecule has 230 valence electrons. The summed E-state index contributed by atoms with van der Waals surface area (Å²) in [5, 5.41) is 11.7. The van der Waals surface area contributed by atoms with Crippen LogP contribution in [-0.4, -0.2) is 41.0 Å². The molecule has 1 saturated heterocycles. The van der Waals surface area contributed by atoms with Gasteiger partial charge in [-0.25, -0.2) is 9.78 Å². The number of aryl methyl sites for hydroxylation is 2. The van der Waals surface area contributed by atoms with Crippen molar-refractivity contribution in [2.75, 3.05) is 18.1 Å². The van der Waals surface area contributed by atoms with Gasteiger partial charge in [-0.2, -0.15) is 0 Å². The maximum Gasteiger partial charge on any atom is 0.350 e. The molecule has 4 aromatic rings. The van der Waals surface area contributed by atoms with E-state index >= 15 is 0 Å². The van der Waals surface area contributed by atoms with E-state index < -0.39 is 23.7 Å². The maximum absolute atomic E-state index is 13.6. The third kappa shape index (κ3) is 6.66. The van der Waals surface area contributed by atoms with E-state index in [9.17, 15) is 19.5 Å². The normalized spacial score (nSPS) is 15.6. The van der Waals surface area contributed by atoms with Crippen molar-refractivity contribution < 1.29 is 33.7 Å². The van der Waals surface area contributed by atoms with Gasteiger partial charge in [0.25, 0.3) is 5.78 Å². The van der Waals surface area contributed by atoms with Crippen LogP contribution < -0.4 is 14.4 Å². The molecule has 0 saturated carbocycles. The third-order valence-electron chi connectivity index (χ3n) is 7.08. The predicted octanol–water partition coefficient (Wildman–Crippen LogP) is 6.71. The third-order valence-corrected chi connectivity index (χ3v) is 8.21. The Morgan fingerprint density at radius 3 is 2.38 bits per heavy atom. The summed E-state index contributed by atoms with van der Waals surface area (Å²) in [7, 11) is 0. The minimum Gasteiger partial charge on any atom is -0.507 e. The maximum atomic E-state index is 13.6. The Balaban J connectivity index is 1.52. The molecule has 1 amide bonds. The molecule has 1 N–H and O–H groups in total. The lowest BCUT2D eigenvalue weighted by atomic mass is 9.95. The summed E-state index contributed by atoms with van der Waals surface area (Å²) in [5.41, 5.74) is 3.26. The number of anilines is 1. The van der Waals surface area contributed by atoms with Crippen molar-refractivity contribution in [3.63, 3.8) is 0 Å². The average Bonchev–Trinajstić information content (AvgIpc) is 3.55. The molecule has 0 radical (unpaired) electrons. The molecule has 0 aliphatic carbocycles. The molecule has 45 heavy (non-hydrogen) atoms. The molecular formula is C35H32N2O7S. The molecule has 1 unspecified atom stereocenters. The lowest BCUT2D eigenvalue weighted by Gasteiger charge is -2.23. The van der Waals surface area contributed by atoms with Crippen LogP contribution in [0, 0.1) is 13.8 Å². The first-order valence-corrected chi connectivity index (χ1v) is 15.1. The number of amides is 1. The number of esters is 1. The van der Waals surface area contributed by atoms with Gasteiger partial charge in [-0.3, -0.25) is 14.5 Å². The smallest absolute Gasteiger partial charge is 0.350 e. The highest BCUT2D eigenvalue weighted by Gasteiger charge is 2.48. The van der Waals surface area contributed by atoms with E-state index in [0.717, 1.165) is 22.5 Å². The van der Waals surface area contributed by atoms with Gasteiger partial charge in [0.1, 0.15) is 35.3 Å². The Labute approximate surface area is 265 Å². The predicted molar refractivity (Wildman–Crippen MR) is 172 cm³/mol. The summed E-state index contributed by atoms with van der Waals surface area (Å²) in [5.74, 6) is -1.54. The van der Waals surface area contributed by atoms with Gasteiger partial charge >= 0.3 is 11.9 Å². The van der Waals surface area contributed by atoms with Crippen molar-refractivity contribution in [2.24, 2.45) is 0 Å². The number of hydrogen-bond acceptors (Lipinski definition) is 9. The standard InChI is InChI=1S/C35H32N2O7S/c1-5-18-43-34(41)32-22(4)36-35(45-32)37-29(24-10-14-26(15-11-24)42-6-2)28(31(39)33(37)40)30(38)25-12-16-27(17-13-25)44-20-23-9-7-8-21(3)19-23/h5,7-17,19,29,38H,1,6,18,20H2,2-4H3/b30-28+. The molecule has 2 heterocycles. The second-order valence-corrected chi connectivity index (χ2v) is 11.2. The monoisotopic (exact) mass is 624 g/mol. The van der Waals surface area contributed by atoms with Gasteiger partial charge in [-0.1, -0.05) is 66.0 Å². The Hall–Kier alpha value is -5.22. The highest BCUT2D eigenvalue weighted by Crippen LogP contribution is 2.44. The van der Waals surface area contributed by atoms with E-state index in [1.165, 1.54) is 11.0 Å². The van der Waals surface area contributed by atoms with Gasteiger partial charge in [0.15, 0.2) is 5.13 Å². The van der Waals surface area contributed by atoms with Crippen LogP contribution in [0.1, 0.15) is 50.6 Å². The van der Waals surface area contributed by atoms with Crippen molar-refractivity contribution in [3.05, 3.63) is 124 Å². The molecule has 9 nitrogen and oxygen atoms in total. The average molecular weight is 625 g/mol. The Morgan fingerprint density at radius 2 is 1.71 bits per heavy atom. The van der Waals surface area contributed by atoms with E-state index in [1.807, 2.05) is 38.1 Å². The number of carbonyl (C=O) groups is 3. The SMILES string of the molecule is C=CCOC(=O)c1sc(N2C(=O)C(=O)/C(=C(/O)c3ccc(OCc4cccc(C)c4)cc3)C2c2ccc(OCC)cc2)nc1C. The van der Waals surface area contributed by atoms with Gasteiger partial charge in [0, 0.05) is 5.56 Å². The van der Waals surface area contributed by atoms with Gasteiger partial charge in [0.2, 0.25) is 0 Å². The molecular weight excluding hydrogens is 592 g/mol. The number of Topliss-reactive ketones (excluding diaryl/α,β-unsaturated/α-hetero) is 1. The van der Waals surface area contributed by atoms with Crippen LogP contribution in [0.15, 0.2) is 91.0 Å². The topological polar surface area (TPSA) is 115 Å². The van der Waals surface area contributed by atoms with Crippen LogP contribution in [0.5, 0.6) is 11.5 Å². The van der Waals surface area contributed by atoms with Crippen LogP contribution in [0.2, 0.25) is 0 Å². The number of benzene rings is 3. The van der Waals surface area contributed by atoms with E-state index in [2.05, 4.69) is 11.6 Å². The van der Waals surface area contributed by atoms with E-state index in [-0.39, 0.29) is 27.9 Å².